The Kier molecular flexibility index (Phi) is 16.7. The van der Waals surface area contributed by atoms with Crippen LogP contribution >= 0.6 is 34.8 Å². The fraction of sp³-hybridized carbons (Fsp3) is 0.429. The van der Waals surface area contributed by atoms with Crippen molar-refractivity contribution in [3.8, 4) is 0 Å². The molecule has 4 saturated heterocycles. The van der Waals surface area contributed by atoms with Crippen LogP contribution in [0.3, 0.4) is 0 Å². The molecule has 18 nitrogen and oxygen atoms in total. The third-order valence-corrected chi connectivity index (χ3v) is 13.2. The third kappa shape index (κ3) is 11.8. The van der Waals surface area contributed by atoms with E-state index in [1.807, 2.05) is 48.2 Å². The molecule has 5 N–H and O–H groups in total. The van der Waals surface area contributed by atoms with Gasteiger partial charge in [-0.2, -0.15) is 10.2 Å². The van der Waals surface area contributed by atoms with Gasteiger partial charge in [0.2, 0.25) is 11.8 Å². The second kappa shape index (κ2) is 22.5. The van der Waals surface area contributed by atoms with Gasteiger partial charge in [0, 0.05) is 98.8 Å². The molecule has 8 heterocycles. The van der Waals surface area contributed by atoms with Gasteiger partial charge in [-0.15, -0.1) is 0 Å². The predicted molar refractivity (Wildman–Crippen MR) is 271 cm³/mol. The normalized spacial score (nSPS) is 18.1. The van der Waals surface area contributed by atoms with Crippen LogP contribution in [0.5, 0.6) is 0 Å². The van der Waals surface area contributed by atoms with Crippen molar-refractivity contribution in [2.24, 2.45) is 0 Å². The molecule has 4 aliphatic heterocycles. The molecule has 4 aromatic heterocycles. The summed E-state index contributed by atoms with van der Waals surface area (Å²) in [6.07, 6.45) is 8.75. The summed E-state index contributed by atoms with van der Waals surface area (Å²) in [6.45, 7) is 10.6. The van der Waals surface area contributed by atoms with Gasteiger partial charge >= 0.3 is 0 Å². The summed E-state index contributed by atoms with van der Waals surface area (Å²) >= 11 is 18.5. The van der Waals surface area contributed by atoms with Crippen molar-refractivity contribution >= 4 is 86.9 Å². The molecule has 0 aliphatic carbocycles. The molecule has 10 rings (SSSR count). The lowest BCUT2D eigenvalue weighted by atomic mass is 9.98. The van der Waals surface area contributed by atoms with Gasteiger partial charge in [0.05, 0.1) is 58.2 Å². The maximum atomic E-state index is 13.7. The van der Waals surface area contributed by atoms with Crippen molar-refractivity contribution in [1.29, 1.82) is 0 Å². The number of β-amino-alcohol motifs (C(OH)–C–C–N with tert-alkyl or cyclic N) is 2. The lowest BCUT2D eigenvalue weighted by Crippen LogP contribution is -2.51. The number of nitrogens with zero attached hydrogens (tertiary/aromatic N) is 9. The number of hydrogen-bond donors (Lipinski definition) is 5. The maximum Gasteiger partial charge on any atom is 0.256 e. The number of carbonyl (C=O) groups excluding carboxylic acids is 4. The summed E-state index contributed by atoms with van der Waals surface area (Å²) < 4.78 is 3.44. The van der Waals surface area contributed by atoms with E-state index < -0.39 is 0 Å². The number of aliphatic hydroxyl groups excluding tert-OH is 2. The van der Waals surface area contributed by atoms with Gasteiger partial charge in [-0.1, -0.05) is 42.2 Å². The number of anilines is 3. The molecule has 70 heavy (non-hydrogen) atoms. The number of hydrogen-bond acceptors (Lipinski definition) is 12. The number of nitrogens with one attached hydrogen (secondary N) is 3. The van der Waals surface area contributed by atoms with Crippen LogP contribution in [-0.4, -0.2) is 124 Å². The summed E-state index contributed by atoms with van der Waals surface area (Å²) in [6, 6.07) is 13.2. The number of aliphatic hydroxyl groups is 2. The van der Waals surface area contributed by atoms with E-state index in [1.54, 1.807) is 50.3 Å². The first kappa shape index (κ1) is 51.9. The van der Waals surface area contributed by atoms with E-state index in [9.17, 15) is 24.3 Å². The average molecular weight is 1020 g/mol. The van der Waals surface area contributed by atoms with Gasteiger partial charge in [-0.25, -0.2) is 19.0 Å². The minimum absolute atomic E-state index is 0. The highest BCUT2D eigenvalue weighted by molar-refractivity contribution is 6.31. The summed E-state index contributed by atoms with van der Waals surface area (Å²) in [5.74, 6) is -0.0311. The fourth-order valence-electron chi connectivity index (χ4n) is 8.83. The SMILES string of the molecule is C.CC(=O)Nc1ccc(Cl)cc1C(=O)N1CCCC[C@H]1c1cc2nc(Cl)c(C)cn2n1.CC(=O)Nc1ccc(Cl)cc1C(=O)N1CCCC[C@H]1c1cc2nc(N3CC(O)C3)c(C)cn2n1.OC1CNC1. The van der Waals surface area contributed by atoms with Gasteiger partial charge in [0.1, 0.15) is 11.0 Å². The smallest absolute Gasteiger partial charge is 0.256 e. The van der Waals surface area contributed by atoms with Gasteiger partial charge in [-0.3, -0.25) is 19.2 Å². The molecular weight excluding hydrogens is 959 g/mol. The molecular formula is C49H59Cl3N12O6. The third-order valence-electron chi connectivity index (χ3n) is 12.4. The fourth-order valence-corrected chi connectivity index (χ4v) is 9.31. The zero-order valence-electron chi connectivity index (χ0n) is 38.8. The zero-order valence-corrected chi connectivity index (χ0v) is 41.0. The van der Waals surface area contributed by atoms with E-state index in [0.717, 1.165) is 79.9 Å². The Morgan fingerprint density at radius 3 is 1.54 bits per heavy atom. The second-order valence-electron chi connectivity index (χ2n) is 17.8. The Balaban J connectivity index is 0.000000186. The van der Waals surface area contributed by atoms with Gasteiger partial charge < -0.3 is 40.9 Å². The molecule has 2 atom stereocenters. The Hall–Kier alpha value is -5.89. The highest BCUT2D eigenvalue weighted by Crippen LogP contribution is 2.36. The molecule has 2 aromatic carbocycles. The molecule has 4 amide bonds. The number of likely N-dealkylation sites (tertiary alicyclic amines) is 2. The summed E-state index contributed by atoms with van der Waals surface area (Å²) in [7, 11) is 0. The topological polar surface area (TPSA) is 215 Å². The van der Waals surface area contributed by atoms with Crippen molar-refractivity contribution in [2.75, 3.05) is 54.8 Å². The standard InChI is InChI=1S/C24H27ClN6O3.C21H21Cl2N5O2.C3H7NO.CH4/c1-14-11-31-22(27-23(14)29-12-17(33)13-29)10-20(28-31)21-5-3-4-8-30(21)24(34)18-9-16(25)6-7-19(18)26-15(2)32;1-12-11-28-19(25-20(12)23)10-17(26-28)18-5-3-4-8-27(18)21(30)15-9-14(22)6-7-16(15)24-13(2)29;5-3-1-4-2-3;/h6-7,9-11,17,21,33H,3-5,8,12-13H2,1-2H3,(H,26,32);6-7,9-11,18H,3-5,8H2,1-2H3,(H,24,29);3-5H,1-2H2;1H4/t21-;18-;;/m00../s1. The Morgan fingerprint density at radius 2 is 1.11 bits per heavy atom. The monoisotopic (exact) mass is 1020 g/mol. The molecule has 6 aromatic rings. The molecule has 4 aliphatic rings. The predicted octanol–water partition coefficient (Wildman–Crippen LogP) is 7.45. The van der Waals surface area contributed by atoms with Crippen molar-refractivity contribution in [3.63, 3.8) is 0 Å². The van der Waals surface area contributed by atoms with Crippen molar-refractivity contribution < 1.29 is 29.4 Å². The number of fused-ring (bicyclic) bond motifs is 2. The van der Waals surface area contributed by atoms with Gasteiger partial charge in [-0.05, 0) is 88.8 Å². The number of piperidine rings is 2. The van der Waals surface area contributed by atoms with Crippen LogP contribution in [0.15, 0.2) is 60.9 Å². The molecule has 4 fully saturated rings. The number of benzene rings is 2. The maximum absolute atomic E-state index is 13.7. The first-order valence-corrected chi connectivity index (χ1v) is 24.1. The Labute approximate surface area is 421 Å². The minimum Gasteiger partial charge on any atom is -0.390 e. The van der Waals surface area contributed by atoms with Gasteiger partial charge in [0.15, 0.2) is 11.3 Å². The lowest BCUT2D eigenvalue weighted by molar-refractivity contribution is -0.115. The van der Waals surface area contributed by atoms with E-state index in [1.165, 1.54) is 13.8 Å². The van der Waals surface area contributed by atoms with Crippen LogP contribution in [0.1, 0.15) is 115 Å². The Morgan fingerprint density at radius 1 is 0.657 bits per heavy atom. The highest BCUT2D eigenvalue weighted by Gasteiger charge is 2.34. The molecule has 0 radical (unpaired) electrons. The number of aryl methyl sites for hydroxylation is 2. The van der Waals surface area contributed by atoms with E-state index in [-0.39, 0.29) is 55.3 Å². The van der Waals surface area contributed by atoms with Crippen LogP contribution < -0.4 is 20.9 Å². The molecule has 0 spiro atoms. The van der Waals surface area contributed by atoms with Crippen LogP contribution in [0.2, 0.25) is 15.2 Å². The van der Waals surface area contributed by atoms with Crippen molar-refractivity contribution in [2.45, 2.75) is 97.9 Å². The zero-order chi connectivity index (χ0) is 49.1. The lowest BCUT2D eigenvalue weighted by Gasteiger charge is -2.37. The molecule has 21 heteroatoms. The molecule has 0 unspecified atom stereocenters. The van der Waals surface area contributed by atoms with E-state index in [0.29, 0.717) is 75.2 Å². The molecule has 0 saturated carbocycles. The quantitative estimate of drug-likeness (QED) is 0.0987. The summed E-state index contributed by atoms with van der Waals surface area (Å²) in [5, 5.41) is 37.1. The molecule has 0 bridgehead atoms. The second-order valence-corrected chi connectivity index (χ2v) is 19.1. The average Bonchev–Trinajstić information content (AvgIpc) is 3.91. The van der Waals surface area contributed by atoms with Crippen LogP contribution in [0.25, 0.3) is 11.3 Å². The highest BCUT2D eigenvalue weighted by atomic mass is 35.5. The van der Waals surface area contributed by atoms with E-state index in [2.05, 4.69) is 26.0 Å². The number of halogens is 3. The summed E-state index contributed by atoms with van der Waals surface area (Å²) in [4.78, 5) is 65.3. The number of aromatic nitrogens is 6. The van der Waals surface area contributed by atoms with Gasteiger partial charge in [0.25, 0.3) is 11.8 Å². The van der Waals surface area contributed by atoms with E-state index >= 15 is 0 Å². The van der Waals surface area contributed by atoms with Crippen LogP contribution in [0.4, 0.5) is 17.2 Å². The number of amides is 4. The van der Waals surface area contributed by atoms with E-state index in [4.69, 9.17) is 50.0 Å². The number of carbonyl (C=O) groups is 4. The molecule has 372 valence electrons. The van der Waals surface area contributed by atoms with Crippen molar-refractivity contribution in [3.05, 3.63) is 110 Å². The minimum atomic E-state index is -0.311. The van der Waals surface area contributed by atoms with Crippen molar-refractivity contribution in [1.82, 2.24) is 44.3 Å². The number of rotatable bonds is 7. The first-order chi connectivity index (χ1) is 33.0. The first-order valence-electron chi connectivity index (χ1n) is 23.0. The van der Waals surface area contributed by atoms with Crippen LogP contribution in [-0.2, 0) is 9.59 Å². The Bertz CT molecular complexity index is 2860. The summed E-state index contributed by atoms with van der Waals surface area (Å²) in [5.41, 5.74) is 6.32. The van der Waals surface area contributed by atoms with Crippen LogP contribution in [0, 0.1) is 13.8 Å². The largest absolute Gasteiger partial charge is 0.390 e.